The molecule has 1 aliphatic carbocycles. The SMILES string of the molecule is CCOCCCNC(=O)N1Cc2c(sc3c2CCCC3)-n2cccc2C1c1ccc(C(C)C)cc1. The quantitative estimate of drug-likeness (QED) is 0.379. The molecule has 0 bridgehead atoms. The maximum absolute atomic E-state index is 13.7. The van der Waals surface area contributed by atoms with Gasteiger partial charge in [0.15, 0.2) is 0 Å². The number of amides is 2. The second-order valence-electron chi connectivity index (χ2n) is 9.93. The van der Waals surface area contributed by atoms with E-state index in [0.717, 1.165) is 30.5 Å². The van der Waals surface area contributed by atoms with Crippen molar-refractivity contribution in [3.8, 4) is 5.00 Å². The van der Waals surface area contributed by atoms with Gasteiger partial charge in [0, 0.05) is 36.4 Å². The minimum atomic E-state index is -0.142. The molecule has 1 N–H and O–H groups in total. The summed E-state index contributed by atoms with van der Waals surface area (Å²) in [5.41, 5.74) is 6.46. The maximum atomic E-state index is 13.7. The van der Waals surface area contributed by atoms with Crippen LogP contribution in [0.1, 0.15) is 84.8 Å². The third kappa shape index (κ3) is 4.78. The molecule has 1 unspecified atom stereocenters. The zero-order valence-electron chi connectivity index (χ0n) is 21.2. The van der Waals surface area contributed by atoms with E-state index in [1.807, 2.05) is 18.3 Å². The number of carbonyl (C=O) groups is 1. The number of fused-ring (bicyclic) bond motifs is 5. The fraction of sp³-hybridized carbons (Fsp3) is 0.483. The number of thiophene rings is 1. The van der Waals surface area contributed by atoms with E-state index in [4.69, 9.17) is 4.74 Å². The van der Waals surface area contributed by atoms with Gasteiger partial charge in [-0.15, -0.1) is 11.3 Å². The van der Waals surface area contributed by atoms with Crippen LogP contribution in [0.4, 0.5) is 4.79 Å². The number of benzene rings is 1. The Morgan fingerprint density at radius 2 is 1.94 bits per heavy atom. The summed E-state index contributed by atoms with van der Waals surface area (Å²) in [4.78, 5) is 17.3. The summed E-state index contributed by atoms with van der Waals surface area (Å²) < 4.78 is 7.82. The number of nitrogens with zero attached hydrogens (tertiary/aromatic N) is 2. The molecule has 3 aromatic rings. The van der Waals surface area contributed by atoms with Gasteiger partial charge >= 0.3 is 6.03 Å². The summed E-state index contributed by atoms with van der Waals surface area (Å²) >= 11 is 1.93. The van der Waals surface area contributed by atoms with Crippen molar-refractivity contribution in [3.63, 3.8) is 0 Å². The summed E-state index contributed by atoms with van der Waals surface area (Å²) in [5.74, 6) is 0.477. The predicted octanol–water partition coefficient (Wildman–Crippen LogP) is 6.58. The molecule has 0 radical (unpaired) electrons. The molecule has 0 saturated carbocycles. The van der Waals surface area contributed by atoms with Crippen molar-refractivity contribution in [2.45, 2.75) is 71.4 Å². The Kier molecular flexibility index (Phi) is 7.30. The van der Waals surface area contributed by atoms with Gasteiger partial charge < -0.3 is 19.5 Å². The highest BCUT2D eigenvalue weighted by atomic mass is 32.1. The Bertz CT molecular complexity index is 1160. The Morgan fingerprint density at radius 1 is 1.14 bits per heavy atom. The monoisotopic (exact) mass is 491 g/mol. The number of urea groups is 1. The van der Waals surface area contributed by atoms with Crippen LogP contribution in [0, 0.1) is 0 Å². The molecule has 0 spiro atoms. The molecule has 0 fully saturated rings. The molecule has 35 heavy (non-hydrogen) atoms. The number of rotatable bonds is 7. The third-order valence-electron chi connectivity index (χ3n) is 7.30. The van der Waals surface area contributed by atoms with Crippen molar-refractivity contribution in [2.24, 2.45) is 0 Å². The lowest BCUT2D eigenvalue weighted by Gasteiger charge is -2.31. The zero-order chi connectivity index (χ0) is 24.4. The van der Waals surface area contributed by atoms with E-state index in [0.29, 0.717) is 32.2 Å². The topological polar surface area (TPSA) is 46.5 Å². The van der Waals surface area contributed by atoms with Crippen LogP contribution >= 0.6 is 11.3 Å². The lowest BCUT2D eigenvalue weighted by molar-refractivity contribution is 0.143. The number of carbonyl (C=O) groups excluding carboxylic acids is 1. The van der Waals surface area contributed by atoms with E-state index in [9.17, 15) is 4.79 Å². The van der Waals surface area contributed by atoms with Crippen molar-refractivity contribution in [3.05, 3.63) is 75.4 Å². The average molecular weight is 492 g/mol. The first kappa shape index (κ1) is 24.1. The highest BCUT2D eigenvalue weighted by molar-refractivity contribution is 7.15. The van der Waals surface area contributed by atoms with Crippen molar-refractivity contribution in [1.29, 1.82) is 0 Å². The lowest BCUT2D eigenvalue weighted by atomic mass is 9.94. The van der Waals surface area contributed by atoms with Gasteiger partial charge in [0.1, 0.15) is 5.00 Å². The molecule has 1 aromatic carbocycles. The second kappa shape index (κ2) is 10.6. The molecule has 186 valence electrons. The van der Waals surface area contributed by atoms with Gasteiger partial charge in [-0.2, -0.15) is 0 Å². The fourth-order valence-electron chi connectivity index (χ4n) is 5.42. The summed E-state index contributed by atoms with van der Waals surface area (Å²) in [6.07, 6.45) is 7.77. The fourth-order valence-corrected chi connectivity index (χ4v) is 6.82. The van der Waals surface area contributed by atoms with Crippen LogP contribution in [0.15, 0.2) is 42.6 Å². The minimum Gasteiger partial charge on any atom is -0.382 e. The molecule has 1 atom stereocenters. The minimum absolute atomic E-state index is 0.00389. The van der Waals surface area contributed by atoms with E-state index in [2.05, 4.69) is 71.2 Å². The van der Waals surface area contributed by atoms with Crippen LogP contribution < -0.4 is 5.32 Å². The molecule has 0 saturated heterocycles. The van der Waals surface area contributed by atoms with Crippen molar-refractivity contribution in [1.82, 2.24) is 14.8 Å². The second-order valence-corrected chi connectivity index (χ2v) is 11.0. The van der Waals surface area contributed by atoms with E-state index in [-0.39, 0.29) is 12.1 Å². The molecule has 3 heterocycles. The third-order valence-corrected chi connectivity index (χ3v) is 8.64. The molecule has 1 aliphatic heterocycles. The van der Waals surface area contributed by atoms with E-state index >= 15 is 0 Å². The summed E-state index contributed by atoms with van der Waals surface area (Å²) in [6.45, 7) is 9.06. The standard InChI is InChI=1S/C29H37N3O2S/c1-4-34-18-8-16-30-29(33)32-19-24-23-9-5-6-11-26(23)35-28(24)31-17-7-10-25(31)27(32)22-14-12-21(13-15-22)20(2)3/h7,10,12-15,17,20,27H,4-6,8-9,11,16,18-19H2,1-3H3,(H,30,33). The van der Waals surface area contributed by atoms with Gasteiger partial charge in [-0.1, -0.05) is 38.1 Å². The van der Waals surface area contributed by atoms with Crippen LogP contribution in [0.5, 0.6) is 0 Å². The Hall–Kier alpha value is -2.57. The number of nitrogens with one attached hydrogen (secondary N) is 1. The Labute approximate surface area is 213 Å². The van der Waals surface area contributed by atoms with E-state index in [1.54, 1.807) is 0 Å². The van der Waals surface area contributed by atoms with Crippen LogP contribution in [-0.2, 0) is 24.1 Å². The Morgan fingerprint density at radius 3 is 2.71 bits per heavy atom. The average Bonchev–Trinajstić information content (AvgIpc) is 3.46. The van der Waals surface area contributed by atoms with Crippen molar-refractivity contribution in [2.75, 3.05) is 19.8 Å². The van der Waals surface area contributed by atoms with Gasteiger partial charge in [0.2, 0.25) is 0 Å². The van der Waals surface area contributed by atoms with Gasteiger partial charge in [0.05, 0.1) is 18.3 Å². The van der Waals surface area contributed by atoms with Gasteiger partial charge in [-0.05, 0) is 73.8 Å². The highest BCUT2D eigenvalue weighted by Gasteiger charge is 2.35. The van der Waals surface area contributed by atoms with Crippen molar-refractivity contribution < 1.29 is 9.53 Å². The highest BCUT2D eigenvalue weighted by Crippen LogP contribution is 2.44. The van der Waals surface area contributed by atoms with Gasteiger partial charge in [-0.25, -0.2) is 4.79 Å². The van der Waals surface area contributed by atoms with Crippen LogP contribution in [0.25, 0.3) is 5.00 Å². The van der Waals surface area contributed by atoms with Crippen LogP contribution in [0.3, 0.4) is 0 Å². The summed E-state index contributed by atoms with van der Waals surface area (Å²) in [6, 6.07) is 13.0. The first-order chi connectivity index (χ1) is 17.1. The number of hydrogen-bond acceptors (Lipinski definition) is 3. The largest absolute Gasteiger partial charge is 0.382 e. The number of ether oxygens (including phenoxy) is 1. The molecule has 2 aromatic heterocycles. The maximum Gasteiger partial charge on any atom is 0.318 e. The normalized spacial score (nSPS) is 17.0. The smallest absolute Gasteiger partial charge is 0.318 e. The van der Waals surface area contributed by atoms with Gasteiger partial charge in [-0.3, -0.25) is 0 Å². The Balaban J connectivity index is 1.54. The van der Waals surface area contributed by atoms with Gasteiger partial charge in [0.25, 0.3) is 0 Å². The van der Waals surface area contributed by atoms with Crippen LogP contribution in [-0.4, -0.2) is 35.3 Å². The molecule has 5 rings (SSSR count). The first-order valence-electron chi connectivity index (χ1n) is 13.1. The first-order valence-corrected chi connectivity index (χ1v) is 13.9. The molecular formula is C29H37N3O2S. The summed E-state index contributed by atoms with van der Waals surface area (Å²) in [5, 5.41) is 4.49. The van der Waals surface area contributed by atoms with Crippen LogP contribution in [0.2, 0.25) is 0 Å². The molecule has 2 aliphatic rings. The van der Waals surface area contributed by atoms with Crippen molar-refractivity contribution >= 4 is 17.4 Å². The predicted molar refractivity (Wildman–Crippen MR) is 143 cm³/mol. The number of hydrogen-bond donors (Lipinski definition) is 1. The zero-order valence-corrected chi connectivity index (χ0v) is 22.0. The molecule has 5 nitrogen and oxygen atoms in total. The molecule has 2 amide bonds. The summed E-state index contributed by atoms with van der Waals surface area (Å²) in [7, 11) is 0. The molecular weight excluding hydrogens is 454 g/mol. The molecule has 6 heteroatoms. The van der Waals surface area contributed by atoms with E-state index < -0.39 is 0 Å². The number of aromatic nitrogens is 1. The van der Waals surface area contributed by atoms with E-state index in [1.165, 1.54) is 39.4 Å². The number of aryl methyl sites for hydroxylation is 1. The lowest BCUT2D eigenvalue weighted by Crippen LogP contribution is -2.42.